The summed E-state index contributed by atoms with van der Waals surface area (Å²) in [6.07, 6.45) is 0.900. The fraction of sp³-hybridized carbons (Fsp3) is 0.533. The molecule has 2 atom stereocenters. The summed E-state index contributed by atoms with van der Waals surface area (Å²) in [4.78, 5) is 14.0. The van der Waals surface area contributed by atoms with Crippen LogP contribution in [-0.2, 0) is 4.79 Å². The summed E-state index contributed by atoms with van der Waals surface area (Å²) >= 11 is 6.01. The highest BCUT2D eigenvalue weighted by atomic mass is 35.5. The number of piperidine rings is 1. The number of halogens is 1. The number of aliphatic hydroxyl groups is 1. The monoisotopic (exact) mass is 297 g/mol. The Bertz CT molecular complexity index is 490. The number of benzene rings is 1. The Morgan fingerprint density at radius 2 is 2.20 bits per heavy atom. The van der Waals surface area contributed by atoms with E-state index in [1.54, 1.807) is 30.9 Å². The zero-order valence-electron chi connectivity index (χ0n) is 11.8. The summed E-state index contributed by atoms with van der Waals surface area (Å²) in [5.74, 6) is 0.378. The van der Waals surface area contributed by atoms with Gasteiger partial charge in [0, 0.05) is 13.1 Å². The van der Waals surface area contributed by atoms with E-state index in [0.717, 1.165) is 12.8 Å². The van der Waals surface area contributed by atoms with E-state index in [4.69, 9.17) is 16.3 Å². The molecule has 5 heteroatoms. The van der Waals surface area contributed by atoms with Crippen molar-refractivity contribution in [3.05, 3.63) is 29.3 Å². The van der Waals surface area contributed by atoms with Crippen molar-refractivity contribution in [1.82, 2.24) is 4.90 Å². The minimum absolute atomic E-state index is 0.120. The molecule has 0 saturated carbocycles. The zero-order chi connectivity index (χ0) is 14.8. The Hall–Kier alpha value is -1.26. The molecule has 0 radical (unpaired) electrons. The fourth-order valence-corrected chi connectivity index (χ4v) is 2.63. The third kappa shape index (κ3) is 3.64. The van der Waals surface area contributed by atoms with Crippen LogP contribution in [0.3, 0.4) is 0 Å². The van der Waals surface area contributed by atoms with Gasteiger partial charge in [-0.1, -0.05) is 23.7 Å². The second kappa shape index (κ2) is 6.02. The summed E-state index contributed by atoms with van der Waals surface area (Å²) in [6.45, 7) is 4.47. The molecule has 20 heavy (non-hydrogen) atoms. The Labute approximate surface area is 124 Å². The van der Waals surface area contributed by atoms with Crippen LogP contribution in [0.5, 0.6) is 5.75 Å². The first-order chi connectivity index (χ1) is 9.39. The van der Waals surface area contributed by atoms with Crippen LogP contribution in [0, 0.1) is 0 Å². The topological polar surface area (TPSA) is 49.8 Å². The smallest absolute Gasteiger partial charge is 0.263 e. The third-order valence-electron chi connectivity index (χ3n) is 3.47. The minimum atomic E-state index is -0.808. The fourth-order valence-electron chi connectivity index (χ4n) is 2.45. The normalized spacial score (nSPS) is 24.3. The number of likely N-dealkylation sites (tertiary alicyclic amines) is 1. The van der Waals surface area contributed by atoms with Crippen molar-refractivity contribution in [1.29, 1.82) is 0 Å². The lowest BCUT2D eigenvalue weighted by Crippen LogP contribution is -2.51. The van der Waals surface area contributed by atoms with Crippen molar-refractivity contribution in [3.8, 4) is 5.75 Å². The first-order valence-electron chi connectivity index (χ1n) is 6.81. The number of hydrogen-bond acceptors (Lipinski definition) is 3. The maximum atomic E-state index is 12.3. The molecule has 2 rings (SSSR count). The lowest BCUT2D eigenvalue weighted by atomic mass is 9.95. The van der Waals surface area contributed by atoms with Crippen LogP contribution in [-0.4, -0.2) is 40.7 Å². The maximum absolute atomic E-state index is 12.3. The van der Waals surface area contributed by atoms with Gasteiger partial charge in [0.1, 0.15) is 5.75 Å². The van der Waals surface area contributed by atoms with Gasteiger partial charge in [-0.25, -0.2) is 0 Å². The number of amides is 1. The van der Waals surface area contributed by atoms with Crippen molar-refractivity contribution in [2.75, 3.05) is 13.1 Å². The number of para-hydroxylation sites is 1. The van der Waals surface area contributed by atoms with Gasteiger partial charge < -0.3 is 14.7 Å². The molecular formula is C15H20ClNO3. The molecule has 0 bridgehead atoms. The summed E-state index contributed by atoms with van der Waals surface area (Å²) in [7, 11) is 0. The van der Waals surface area contributed by atoms with Crippen molar-refractivity contribution in [3.63, 3.8) is 0 Å². The number of hydrogen-bond donors (Lipinski definition) is 1. The average Bonchev–Trinajstić information content (AvgIpc) is 2.39. The van der Waals surface area contributed by atoms with E-state index >= 15 is 0 Å². The van der Waals surface area contributed by atoms with Crippen LogP contribution >= 0.6 is 11.6 Å². The third-order valence-corrected chi connectivity index (χ3v) is 3.79. The molecular weight excluding hydrogens is 278 g/mol. The van der Waals surface area contributed by atoms with Gasteiger partial charge in [-0.3, -0.25) is 4.79 Å². The number of carbonyl (C=O) groups excluding carboxylic acids is 1. The second-order valence-corrected chi connectivity index (χ2v) is 5.96. The van der Waals surface area contributed by atoms with Crippen molar-refractivity contribution in [2.24, 2.45) is 0 Å². The lowest BCUT2D eigenvalue weighted by Gasteiger charge is -2.37. The predicted molar refractivity (Wildman–Crippen MR) is 78.0 cm³/mol. The molecule has 0 aromatic heterocycles. The molecule has 0 aliphatic carbocycles. The predicted octanol–water partition coefficient (Wildman–Crippen LogP) is 2.48. The highest BCUT2D eigenvalue weighted by molar-refractivity contribution is 6.32. The molecule has 1 saturated heterocycles. The van der Waals surface area contributed by atoms with Gasteiger partial charge in [0.2, 0.25) is 0 Å². The molecule has 1 aromatic carbocycles. The Kier molecular flexibility index (Phi) is 4.55. The number of rotatable bonds is 3. The molecule has 4 nitrogen and oxygen atoms in total. The molecule has 2 unspecified atom stereocenters. The number of ether oxygens (including phenoxy) is 1. The van der Waals surface area contributed by atoms with Crippen LogP contribution in [0.2, 0.25) is 5.02 Å². The van der Waals surface area contributed by atoms with Crippen molar-refractivity contribution >= 4 is 17.5 Å². The van der Waals surface area contributed by atoms with Crippen LogP contribution in [0.4, 0.5) is 0 Å². The minimum Gasteiger partial charge on any atom is -0.479 e. The molecule has 1 aliphatic heterocycles. The molecule has 1 N–H and O–H groups in total. The molecule has 1 fully saturated rings. The van der Waals surface area contributed by atoms with Gasteiger partial charge in [0.15, 0.2) is 6.10 Å². The van der Waals surface area contributed by atoms with E-state index in [2.05, 4.69) is 0 Å². The summed E-state index contributed by atoms with van der Waals surface area (Å²) in [6, 6.07) is 7.08. The van der Waals surface area contributed by atoms with E-state index in [1.807, 2.05) is 12.1 Å². The largest absolute Gasteiger partial charge is 0.479 e. The average molecular weight is 298 g/mol. The highest BCUT2D eigenvalue weighted by Gasteiger charge is 2.33. The van der Waals surface area contributed by atoms with Crippen LogP contribution < -0.4 is 4.74 Å². The molecule has 110 valence electrons. The Morgan fingerprint density at radius 3 is 2.85 bits per heavy atom. The van der Waals surface area contributed by atoms with Gasteiger partial charge in [0.05, 0.1) is 10.6 Å². The van der Waals surface area contributed by atoms with E-state index in [1.165, 1.54) is 0 Å². The summed E-state index contributed by atoms with van der Waals surface area (Å²) < 4.78 is 5.62. The van der Waals surface area contributed by atoms with Crippen LogP contribution in [0.25, 0.3) is 0 Å². The Balaban J connectivity index is 2.00. The first-order valence-corrected chi connectivity index (χ1v) is 7.19. The SMILES string of the molecule is CC(Oc1ccccc1Cl)C(=O)N1CCCC(C)(O)C1. The molecule has 1 aromatic rings. The van der Waals surface area contributed by atoms with Crippen LogP contribution in [0.1, 0.15) is 26.7 Å². The zero-order valence-corrected chi connectivity index (χ0v) is 12.6. The standard InChI is InChI=1S/C15H20ClNO3/c1-11(20-13-7-4-3-6-12(13)16)14(18)17-9-5-8-15(2,19)10-17/h3-4,6-7,11,19H,5,8-10H2,1-2H3. The van der Waals surface area contributed by atoms with Gasteiger partial charge in [-0.2, -0.15) is 0 Å². The molecule has 1 amide bonds. The van der Waals surface area contributed by atoms with Crippen molar-refractivity contribution < 1.29 is 14.6 Å². The summed E-state index contributed by atoms with van der Waals surface area (Å²) in [5, 5.41) is 10.5. The van der Waals surface area contributed by atoms with Gasteiger partial charge in [0.25, 0.3) is 5.91 Å². The van der Waals surface area contributed by atoms with E-state index in [-0.39, 0.29) is 5.91 Å². The maximum Gasteiger partial charge on any atom is 0.263 e. The van der Waals surface area contributed by atoms with Gasteiger partial charge in [-0.15, -0.1) is 0 Å². The number of carbonyl (C=O) groups is 1. The van der Waals surface area contributed by atoms with Gasteiger partial charge in [-0.05, 0) is 38.8 Å². The highest BCUT2D eigenvalue weighted by Crippen LogP contribution is 2.25. The quantitative estimate of drug-likeness (QED) is 0.932. The van der Waals surface area contributed by atoms with Crippen molar-refractivity contribution in [2.45, 2.75) is 38.4 Å². The second-order valence-electron chi connectivity index (χ2n) is 5.55. The first kappa shape index (κ1) is 15.1. The Morgan fingerprint density at radius 1 is 1.50 bits per heavy atom. The molecule has 0 spiro atoms. The lowest BCUT2D eigenvalue weighted by molar-refractivity contribution is -0.144. The van der Waals surface area contributed by atoms with E-state index in [0.29, 0.717) is 23.9 Å². The van der Waals surface area contributed by atoms with Gasteiger partial charge >= 0.3 is 0 Å². The van der Waals surface area contributed by atoms with E-state index < -0.39 is 11.7 Å². The van der Waals surface area contributed by atoms with E-state index in [9.17, 15) is 9.90 Å². The molecule has 1 heterocycles. The molecule has 1 aliphatic rings. The number of nitrogens with zero attached hydrogens (tertiary/aromatic N) is 1. The number of β-amino-alcohol motifs (C(OH)–C–C–N with tert-alkyl or cyclic N) is 1. The van der Waals surface area contributed by atoms with Crippen LogP contribution in [0.15, 0.2) is 24.3 Å². The summed E-state index contributed by atoms with van der Waals surface area (Å²) in [5.41, 5.74) is -0.808.